The summed E-state index contributed by atoms with van der Waals surface area (Å²) in [6.07, 6.45) is 5.73. The van der Waals surface area contributed by atoms with E-state index in [2.05, 4.69) is 20.3 Å². The third-order valence-electron chi connectivity index (χ3n) is 3.39. The molecule has 0 saturated carbocycles. The third kappa shape index (κ3) is 2.12. The summed E-state index contributed by atoms with van der Waals surface area (Å²) in [5.41, 5.74) is 0.598. The Labute approximate surface area is 101 Å². The molecule has 1 aliphatic rings. The van der Waals surface area contributed by atoms with Gasteiger partial charge in [-0.25, -0.2) is 0 Å². The smallest absolute Gasteiger partial charge is 0.269 e. The molecule has 0 saturated heterocycles. The van der Waals surface area contributed by atoms with E-state index in [9.17, 15) is 10.1 Å². The van der Waals surface area contributed by atoms with Crippen LogP contribution in [-0.4, -0.2) is 10.5 Å². The highest BCUT2D eigenvalue weighted by atomic mass is 16.6. The maximum Gasteiger partial charge on any atom is 0.269 e. The van der Waals surface area contributed by atoms with Crippen molar-refractivity contribution in [1.29, 1.82) is 0 Å². The average molecular weight is 233 g/mol. The van der Waals surface area contributed by atoms with E-state index in [0.29, 0.717) is 17.7 Å². The summed E-state index contributed by atoms with van der Waals surface area (Å²) >= 11 is 0. The summed E-state index contributed by atoms with van der Waals surface area (Å²) in [6.45, 7) is 4.17. The molecule has 1 aromatic carbocycles. The fourth-order valence-corrected chi connectivity index (χ4v) is 2.03. The lowest BCUT2D eigenvalue weighted by Gasteiger charge is -2.37. The van der Waals surface area contributed by atoms with Crippen LogP contribution in [0.3, 0.4) is 0 Å². The van der Waals surface area contributed by atoms with Crippen molar-refractivity contribution in [3.63, 3.8) is 0 Å². The lowest BCUT2D eigenvalue weighted by molar-refractivity contribution is -0.384. The lowest BCUT2D eigenvalue weighted by atomic mass is 9.86. The maximum atomic E-state index is 10.7. The topological polar surface area (TPSA) is 52.4 Å². The number of benzene rings is 1. The normalized spacial score (nSPS) is 17.1. The molecule has 0 atom stereocenters. The van der Waals surface area contributed by atoms with Gasteiger partial charge in [-0.2, -0.15) is 0 Å². The molecule has 0 unspecified atom stereocenters. The van der Waals surface area contributed by atoms with E-state index in [1.54, 1.807) is 6.07 Å². The highest BCUT2D eigenvalue weighted by Crippen LogP contribution is 2.39. The molecule has 0 aromatic heterocycles. The van der Waals surface area contributed by atoms with Gasteiger partial charge in [0.2, 0.25) is 0 Å². The first-order valence-corrected chi connectivity index (χ1v) is 5.81. The van der Waals surface area contributed by atoms with Gasteiger partial charge in [0.1, 0.15) is 11.4 Å². The van der Waals surface area contributed by atoms with Crippen molar-refractivity contribution in [2.45, 2.75) is 38.7 Å². The SMILES string of the molecule is CCC1(CC)C[C]c2cc([N+](=O)[O-])ccc2O1. The van der Waals surface area contributed by atoms with Crippen molar-refractivity contribution in [2.24, 2.45) is 0 Å². The van der Waals surface area contributed by atoms with Gasteiger partial charge in [0.15, 0.2) is 0 Å². The van der Waals surface area contributed by atoms with Crippen molar-refractivity contribution in [1.82, 2.24) is 0 Å². The Kier molecular flexibility index (Phi) is 3.05. The van der Waals surface area contributed by atoms with Crippen molar-refractivity contribution < 1.29 is 9.66 Å². The quantitative estimate of drug-likeness (QED) is 0.594. The molecule has 4 nitrogen and oxygen atoms in total. The molecule has 0 spiro atoms. The monoisotopic (exact) mass is 233 g/mol. The second-order valence-electron chi connectivity index (χ2n) is 4.28. The van der Waals surface area contributed by atoms with E-state index in [0.717, 1.165) is 12.8 Å². The van der Waals surface area contributed by atoms with E-state index in [4.69, 9.17) is 4.74 Å². The number of hydrogen-bond donors (Lipinski definition) is 0. The van der Waals surface area contributed by atoms with Crippen LogP contribution in [0, 0.1) is 16.5 Å². The van der Waals surface area contributed by atoms with Crippen molar-refractivity contribution in [3.8, 4) is 5.75 Å². The Morgan fingerprint density at radius 1 is 1.47 bits per heavy atom. The number of rotatable bonds is 3. The molecule has 1 aliphatic heterocycles. The number of fused-ring (bicyclic) bond motifs is 1. The zero-order chi connectivity index (χ0) is 12.5. The van der Waals surface area contributed by atoms with Gasteiger partial charge >= 0.3 is 0 Å². The zero-order valence-corrected chi connectivity index (χ0v) is 10.0. The Bertz CT molecular complexity index is 438. The number of nitro benzene ring substituents is 1. The summed E-state index contributed by atoms with van der Waals surface area (Å²) < 4.78 is 5.97. The first-order valence-electron chi connectivity index (χ1n) is 5.81. The molecule has 90 valence electrons. The summed E-state index contributed by atoms with van der Waals surface area (Å²) in [6, 6.07) is 4.66. The predicted molar refractivity (Wildman–Crippen MR) is 64.0 cm³/mol. The van der Waals surface area contributed by atoms with Crippen LogP contribution in [0.4, 0.5) is 5.69 Å². The molecule has 0 fully saturated rings. The van der Waals surface area contributed by atoms with Crippen LogP contribution in [0.25, 0.3) is 0 Å². The fraction of sp³-hybridized carbons (Fsp3) is 0.462. The number of non-ortho nitro benzene ring substituents is 1. The molecule has 0 bridgehead atoms. The van der Waals surface area contributed by atoms with E-state index in [-0.39, 0.29) is 11.3 Å². The van der Waals surface area contributed by atoms with Crippen LogP contribution in [-0.2, 0) is 0 Å². The summed E-state index contributed by atoms with van der Waals surface area (Å²) in [5, 5.41) is 10.7. The molecule has 17 heavy (non-hydrogen) atoms. The molecule has 0 aliphatic carbocycles. The van der Waals surface area contributed by atoms with Gasteiger partial charge in [0.05, 0.1) is 4.92 Å². The van der Waals surface area contributed by atoms with Crippen LogP contribution in [0.15, 0.2) is 18.2 Å². The number of hydrogen-bond acceptors (Lipinski definition) is 3. The van der Waals surface area contributed by atoms with Crippen LogP contribution in [0.2, 0.25) is 0 Å². The molecule has 0 amide bonds. The van der Waals surface area contributed by atoms with Crippen molar-refractivity contribution >= 4 is 5.69 Å². The summed E-state index contributed by atoms with van der Waals surface area (Å²) in [4.78, 5) is 10.3. The second-order valence-corrected chi connectivity index (χ2v) is 4.28. The standard InChI is InChI=1S/C13H15NO3/c1-3-13(4-2)8-7-10-9-11(14(15)16)5-6-12(10)17-13/h5-6,9H,3-4,8H2,1-2H3. The third-order valence-corrected chi connectivity index (χ3v) is 3.39. The van der Waals surface area contributed by atoms with Gasteiger partial charge in [-0.15, -0.1) is 0 Å². The van der Waals surface area contributed by atoms with Gasteiger partial charge in [-0.05, 0) is 25.3 Å². The lowest BCUT2D eigenvalue weighted by Crippen LogP contribution is -2.37. The molecule has 0 N–H and O–H groups in total. The Hall–Kier alpha value is -1.58. The van der Waals surface area contributed by atoms with Crippen molar-refractivity contribution in [3.05, 3.63) is 40.3 Å². The van der Waals surface area contributed by atoms with E-state index in [1.165, 1.54) is 12.1 Å². The summed E-state index contributed by atoms with van der Waals surface area (Å²) in [5.74, 6) is 0.700. The second kappa shape index (κ2) is 4.35. The van der Waals surface area contributed by atoms with E-state index < -0.39 is 4.92 Å². The molecular formula is C13H15NO3. The number of ether oxygens (including phenoxy) is 1. The van der Waals surface area contributed by atoms with Crippen LogP contribution in [0.1, 0.15) is 38.7 Å². The van der Waals surface area contributed by atoms with Gasteiger partial charge in [0.25, 0.3) is 5.69 Å². The molecular weight excluding hydrogens is 218 g/mol. The molecule has 2 rings (SSSR count). The fourth-order valence-electron chi connectivity index (χ4n) is 2.03. The Balaban J connectivity index is 2.31. The van der Waals surface area contributed by atoms with E-state index in [1.807, 2.05) is 0 Å². The van der Waals surface area contributed by atoms with Crippen molar-refractivity contribution in [2.75, 3.05) is 0 Å². The minimum absolute atomic E-state index is 0.0837. The maximum absolute atomic E-state index is 10.7. The molecule has 2 radical (unpaired) electrons. The van der Waals surface area contributed by atoms with Gasteiger partial charge in [-0.3, -0.25) is 10.1 Å². The first kappa shape index (κ1) is 11.9. The summed E-state index contributed by atoms with van der Waals surface area (Å²) in [7, 11) is 0. The average Bonchev–Trinajstić information content (AvgIpc) is 2.37. The highest BCUT2D eigenvalue weighted by molar-refractivity contribution is 5.49. The molecule has 4 heteroatoms. The number of nitrogens with zero attached hydrogens (tertiary/aromatic N) is 1. The zero-order valence-electron chi connectivity index (χ0n) is 10.0. The van der Waals surface area contributed by atoms with E-state index >= 15 is 0 Å². The highest BCUT2D eigenvalue weighted by Gasteiger charge is 2.33. The predicted octanol–water partition coefficient (Wildman–Crippen LogP) is 3.37. The van der Waals surface area contributed by atoms with Crippen LogP contribution in [0.5, 0.6) is 5.75 Å². The number of nitro groups is 1. The van der Waals surface area contributed by atoms with Crippen LogP contribution >= 0.6 is 0 Å². The minimum Gasteiger partial charge on any atom is -0.487 e. The van der Waals surface area contributed by atoms with Gasteiger partial charge < -0.3 is 4.74 Å². The van der Waals surface area contributed by atoms with Gasteiger partial charge in [0, 0.05) is 24.1 Å². The molecule has 1 aromatic rings. The van der Waals surface area contributed by atoms with Crippen LogP contribution < -0.4 is 4.74 Å². The Morgan fingerprint density at radius 2 is 2.18 bits per heavy atom. The largest absolute Gasteiger partial charge is 0.487 e. The Morgan fingerprint density at radius 3 is 2.76 bits per heavy atom. The van der Waals surface area contributed by atoms with Gasteiger partial charge in [-0.1, -0.05) is 13.8 Å². The molecule has 1 heterocycles. The minimum atomic E-state index is -0.399. The first-order chi connectivity index (χ1) is 8.10.